The van der Waals surface area contributed by atoms with Gasteiger partial charge in [-0.3, -0.25) is 15.2 Å². The lowest BCUT2D eigenvalue weighted by molar-refractivity contribution is -0.384. The molecule has 0 saturated carbocycles. The van der Waals surface area contributed by atoms with Gasteiger partial charge in [0.1, 0.15) is 5.82 Å². The summed E-state index contributed by atoms with van der Waals surface area (Å²) in [6, 6.07) is 7.45. The highest BCUT2D eigenvalue weighted by molar-refractivity contribution is 5.83. The van der Waals surface area contributed by atoms with Crippen LogP contribution in [-0.4, -0.2) is 49.6 Å². The fraction of sp³-hybridized carbons (Fsp3) is 0.200. The van der Waals surface area contributed by atoms with Gasteiger partial charge in [0.05, 0.1) is 35.9 Å². The number of fused-ring (bicyclic) bond motifs is 1. The average Bonchev–Trinajstić information content (AvgIpc) is 3.07. The number of aromatic amines is 1. The van der Waals surface area contributed by atoms with Gasteiger partial charge in [-0.2, -0.15) is 5.10 Å². The highest BCUT2D eigenvalue weighted by atomic mass is 16.6. The van der Waals surface area contributed by atoms with Crippen molar-refractivity contribution >= 4 is 33.9 Å². The number of benzene rings is 1. The summed E-state index contributed by atoms with van der Waals surface area (Å²) in [7, 11) is 0. The standard InChI is InChI=1S/C15H16N6O4/c22-7-11(8-23)17-14-4-3-13(21(24)25)15(19-14)18-10-1-2-12-9(5-10)6-16-20-12/h1-6,11,22-23H,7-8H2,(H,16,20)(H2,17,18,19). The van der Waals surface area contributed by atoms with Crippen LogP contribution < -0.4 is 10.6 Å². The molecule has 10 nitrogen and oxygen atoms in total. The maximum atomic E-state index is 11.2. The molecule has 0 aliphatic heterocycles. The van der Waals surface area contributed by atoms with Gasteiger partial charge in [0.2, 0.25) is 5.82 Å². The van der Waals surface area contributed by atoms with E-state index in [2.05, 4.69) is 25.8 Å². The zero-order valence-electron chi connectivity index (χ0n) is 13.0. The first-order valence-electron chi connectivity index (χ1n) is 7.44. The number of aliphatic hydroxyl groups is 2. The monoisotopic (exact) mass is 344 g/mol. The minimum atomic E-state index is -0.607. The molecular formula is C15H16N6O4. The molecule has 25 heavy (non-hydrogen) atoms. The second-order valence-electron chi connectivity index (χ2n) is 5.32. The lowest BCUT2D eigenvalue weighted by atomic mass is 10.2. The highest BCUT2D eigenvalue weighted by Crippen LogP contribution is 2.28. The predicted octanol–water partition coefficient (Wildman–Crippen LogP) is 1.37. The van der Waals surface area contributed by atoms with Crippen LogP contribution >= 0.6 is 0 Å². The van der Waals surface area contributed by atoms with Gasteiger partial charge in [0.15, 0.2) is 0 Å². The van der Waals surface area contributed by atoms with Gasteiger partial charge < -0.3 is 20.8 Å². The topological polar surface area (TPSA) is 149 Å². The maximum absolute atomic E-state index is 11.2. The van der Waals surface area contributed by atoms with Crippen molar-refractivity contribution in [1.29, 1.82) is 0 Å². The molecule has 0 aliphatic rings. The van der Waals surface area contributed by atoms with E-state index < -0.39 is 11.0 Å². The molecule has 0 amide bonds. The lowest BCUT2D eigenvalue weighted by Crippen LogP contribution is -2.28. The van der Waals surface area contributed by atoms with Gasteiger partial charge in [0, 0.05) is 17.1 Å². The third-order valence-corrected chi connectivity index (χ3v) is 3.57. The number of aromatic nitrogens is 3. The molecule has 0 aliphatic carbocycles. The number of hydrogen-bond donors (Lipinski definition) is 5. The van der Waals surface area contributed by atoms with Crippen LogP contribution in [0.15, 0.2) is 36.5 Å². The Morgan fingerprint density at radius 1 is 1.24 bits per heavy atom. The molecule has 2 aromatic heterocycles. The summed E-state index contributed by atoms with van der Waals surface area (Å²) in [5.74, 6) is 0.345. The summed E-state index contributed by atoms with van der Waals surface area (Å²) in [6.45, 7) is -0.593. The Labute approximate surface area is 141 Å². The second-order valence-corrected chi connectivity index (χ2v) is 5.32. The van der Waals surface area contributed by atoms with E-state index in [1.165, 1.54) is 12.1 Å². The van der Waals surface area contributed by atoms with Gasteiger partial charge in [-0.15, -0.1) is 0 Å². The Kier molecular flexibility index (Phi) is 4.73. The van der Waals surface area contributed by atoms with Crippen LogP contribution in [0.4, 0.5) is 23.0 Å². The summed E-state index contributed by atoms with van der Waals surface area (Å²) < 4.78 is 0. The molecule has 2 heterocycles. The molecule has 0 radical (unpaired) electrons. The Morgan fingerprint density at radius 2 is 2.04 bits per heavy atom. The highest BCUT2D eigenvalue weighted by Gasteiger charge is 2.17. The molecule has 0 fully saturated rings. The van der Waals surface area contributed by atoms with Crippen molar-refractivity contribution < 1.29 is 15.1 Å². The molecule has 0 unspecified atom stereocenters. The van der Waals surface area contributed by atoms with Gasteiger partial charge >= 0.3 is 5.69 Å². The van der Waals surface area contributed by atoms with Crippen LogP contribution in [0.3, 0.4) is 0 Å². The predicted molar refractivity (Wildman–Crippen MR) is 91.9 cm³/mol. The molecule has 1 aromatic carbocycles. The molecule has 0 atom stereocenters. The molecule has 3 aromatic rings. The SMILES string of the molecule is O=[N+]([O-])c1ccc(NC(CO)CO)nc1Nc1ccc2[nH]ncc2c1. The Hall–Kier alpha value is -3.24. The first kappa shape index (κ1) is 16.6. The van der Waals surface area contributed by atoms with E-state index in [4.69, 9.17) is 10.2 Å². The number of H-pyrrole nitrogens is 1. The van der Waals surface area contributed by atoms with Gasteiger partial charge in [-0.25, -0.2) is 4.98 Å². The molecule has 10 heteroatoms. The van der Waals surface area contributed by atoms with Crippen LogP contribution in [0.5, 0.6) is 0 Å². The molecule has 0 saturated heterocycles. The maximum Gasteiger partial charge on any atom is 0.311 e. The molecule has 0 bridgehead atoms. The van der Waals surface area contributed by atoms with Crippen LogP contribution in [0.25, 0.3) is 10.9 Å². The summed E-state index contributed by atoms with van der Waals surface area (Å²) in [5, 5.41) is 42.8. The normalized spacial score (nSPS) is 11.0. The third-order valence-electron chi connectivity index (χ3n) is 3.57. The van der Waals surface area contributed by atoms with Crippen molar-refractivity contribution in [2.75, 3.05) is 23.8 Å². The smallest absolute Gasteiger partial charge is 0.311 e. The second kappa shape index (κ2) is 7.11. The molecule has 5 N–H and O–H groups in total. The summed E-state index contributed by atoms with van der Waals surface area (Å²) >= 11 is 0. The van der Waals surface area contributed by atoms with Crippen LogP contribution in [0, 0.1) is 10.1 Å². The van der Waals surface area contributed by atoms with Crippen molar-refractivity contribution in [2.45, 2.75) is 6.04 Å². The molecule has 3 rings (SSSR count). The average molecular weight is 344 g/mol. The number of nitrogens with one attached hydrogen (secondary N) is 3. The number of rotatable bonds is 7. The Balaban J connectivity index is 1.92. The summed E-state index contributed by atoms with van der Waals surface area (Å²) in [6.07, 6.45) is 1.65. The number of hydrogen-bond acceptors (Lipinski definition) is 8. The lowest BCUT2D eigenvalue weighted by Gasteiger charge is -2.15. The molecular weight excluding hydrogens is 328 g/mol. The van der Waals surface area contributed by atoms with Crippen LogP contribution in [-0.2, 0) is 0 Å². The zero-order chi connectivity index (χ0) is 17.8. The fourth-order valence-electron chi connectivity index (χ4n) is 2.29. The van der Waals surface area contributed by atoms with Gasteiger partial charge in [-0.05, 0) is 24.3 Å². The molecule has 0 spiro atoms. The van der Waals surface area contributed by atoms with Crippen molar-refractivity contribution in [2.24, 2.45) is 0 Å². The number of nitro groups is 1. The van der Waals surface area contributed by atoms with Crippen molar-refractivity contribution in [3.63, 3.8) is 0 Å². The zero-order valence-corrected chi connectivity index (χ0v) is 13.0. The largest absolute Gasteiger partial charge is 0.394 e. The first-order valence-corrected chi connectivity index (χ1v) is 7.44. The van der Waals surface area contributed by atoms with Gasteiger partial charge in [-0.1, -0.05) is 0 Å². The van der Waals surface area contributed by atoms with Gasteiger partial charge in [0.25, 0.3) is 0 Å². The van der Waals surface area contributed by atoms with E-state index in [-0.39, 0.29) is 24.7 Å². The molecule has 130 valence electrons. The van der Waals surface area contributed by atoms with Crippen molar-refractivity contribution in [3.05, 3.63) is 46.6 Å². The van der Waals surface area contributed by atoms with E-state index in [0.717, 1.165) is 10.9 Å². The number of anilines is 3. The fourth-order valence-corrected chi connectivity index (χ4v) is 2.29. The van der Waals surface area contributed by atoms with E-state index >= 15 is 0 Å². The number of aliphatic hydroxyl groups excluding tert-OH is 2. The number of pyridine rings is 1. The van der Waals surface area contributed by atoms with E-state index in [1.54, 1.807) is 24.4 Å². The van der Waals surface area contributed by atoms with E-state index in [0.29, 0.717) is 11.5 Å². The minimum absolute atomic E-state index is 0.0486. The third kappa shape index (κ3) is 3.65. The minimum Gasteiger partial charge on any atom is -0.394 e. The summed E-state index contributed by atoms with van der Waals surface area (Å²) in [5.41, 5.74) is 1.27. The Bertz CT molecular complexity index is 893. The van der Waals surface area contributed by atoms with E-state index in [1.807, 2.05) is 0 Å². The first-order chi connectivity index (χ1) is 12.1. The van der Waals surface area contributed by atoms with Crippen molar-refractivity contribution in [1.82, 2.24) is 15.2 Å². The van der Waals surface area contributed by atoms with Crippen LogP contribution in [0.1, 0.15) is 0 Å². The van der Waals surface area contributed by atoms with Crippen LogP contribution in [0.2, 0.25) is 0 Å². The quantitative estimate of drug-likeness (QED) is 0.319. The van der Waals surface area contributed by atoms with Crippen molar-refractivity contribution in [3.8, 4) is 0 Å². The Morgan fingerprint density at radius 3 is 2.76 bits per heavy atom. The summed E-state index contributed by atoms with van der Waals surface area (Å²) in [4.78, 5) is 14.9. The number of nitrogens with zero attached hydrogens (tertiary/aromatic N) is 3. The van der Waals surface area contributed by atoms with E-state index in [9.17, 15) is 10.1 Å².